The fourth-order valence-electron chi connectivity index (χ4n) is 2.56. The molecule has 0 bridgehead atoms. The van der Waals surface area contributed by atoms with Crippen molar-refractivity contribution in [3.8, 4) is 0 Å². The van der Waals surface area contributed by atoms with Gasteiger partial charge in [0, 0.05) is 6.04 Å². The molecule has 3 N–H and O–H groups in total. The third-order valence-corrected chi connectivity index (χ3v) is 4.26. The SMILES string of the molecule is CCC1CCCC(NC(=O)NC(C)(CC)C(=O)O)C1. The number of hydrogen-bond donors (Lipinski definition) is 3. The minimum absolute atomic E-state index is 0.175. The largest absolute Gasteiger partial charge is 0.480 e. The molecule has 19 heavy (non-hydrogen) atoms. The van der Waals surface area contributed by atoms with Crippen LogP contribution >= 0.6 is 0 Å². The fraction of sp³-hybridized carbons (Fsp3) is 0.857. The summed E-state index contributed by atoms with van der Waals surface area (Å²) in [6.45, 7) is 5.46. The number of hydrogen-bond acceptors (Lipinski definition) is 2. The third-order valence-electron chi connectivity index (χ3n) is 4.26. The Balaban J connectivity index is 2.48. The molecule has 0 aromatic rings. The first kappa shape index (κ1) is 15.8. The van der Waals surface area contributed by atoms with E-state index in [2.05, 4.69) is 17.6 Å². The van der Waals surface area contributed by atoms with Crippen molar-refractivity contribution < 1.29 is 14.7 Å². The molecule has 0 spiro atoms. The lowest BCUT2D eigenvalue weighted by atomic mass is 9.84. The maximum Gasteiger partial charge on any atom is 0.329 e. The first-order chi connectivity index (χ1) is 8.91. The van der Waals surface area contributed by atoms with Gasteiger partial charge in [0.05, 0.1) is 0 Å². The average molecular weight is 270 g/mol. The molecule has 5 nitrogen and oxygen atoms in total. The molecule has 0 heterocycles. The molecule has 1 rings (SSSR count). The predicted molar refractivity (Wildman–Crippen MR) is 74.0 cm³/mol. The van der Waals surface area contributed by atoms with Crippen molar-refractivity contribution in [3.05, 3.63) is 0 Å². The zero-order chi connectivity index (χ0) is 14.5. The number of nitrogens with one attached hydrogen (secondary N) is 2. The number of amides is 2. The van der Waals surface area contributed by atoms with Gasteiger partial charge in [0.15, 0.2) is 0 Å². The second-order valence-corrected chi connectivity index (χ2v) is 5.73. The van der Waals surface area contributed by atoms with E-state index in [0.29, 0.717) is 12.3 Å². The van der Waals surface area contributed by atoms with Crippen LogP contribution in [0.4, 0.5) is 4.79 Å². The summed E-state index contributed by atoms with van der Waals surface area (Å²) in [4.78, 5) is 23.0. The second kappa shape index (κ2) is 6.78. The van der Waals surface area contributed by atoms with Gasteiger partial charge in [-0.2, -0.15) is 0 Å². The van der Waals surface area contributed by atoms with Crippen LogP contribution in [-0.4, -0.2) is 28.7 Å². The van der Waals surface area contributed by atoms with Crippen molar-refractivity contribution in [2.45, 2.75) is 70.9 Å². The molecule has 1 saturated carbocycles. The van der Waals surface area contributed by atoms with Gasteiger partial charge in [-0.05, 0) is 32.1 Å². The summed E-state index contributed by atoms with van der Waals surface area (Å²) in [7, 11) is 0. The van der Waals surface area contributed by atoms with Crippen LogP contribution < -0.4 is 10.6 Å². The summed E-state index contributed by atoms with van der Waals surface area (Å²) in [5.74, 6) is -0.323. The predicted octanol–water partition coefficient (Wildman–Crippen LogP) is 2.51. The maximum atomic E-state index is 11.9. The average Bonchev–Trinajstić information content (AvgIpc) is 2.38. The van der Waals surface area contributed by atoms with Crippen molar-refractivity contribution in [2.75, 3.05) is 0 Å². The number of rotatable bonds is 5. The molecular weight excluding hydrogens is 244 g/mol. The zero-order valence-electron chi connectivity index (χ0n) is 12.2. The lowest BCUT2D eigenvalue weighted by Crippen LogP contribution is -2.56. The van der Waals surface area contributed by atoms with Gasteiger partial charge in [-0.15, -0.1) is 0 Å². The molecule has 3 unspecified atom stereocenters. The van der Waals surface area contributed by atoms with Crippen LogP contribution in [0.5, 0.6) is 0 Å². The molecule has 0 aliphatic heterocycles. The highest BCUT2D eigenvalue weighted by Gasteiger charge is 2.33. The monoisotopic (exact) mass is 270 g/mol. The van der Waals surface area contributed by atoms with Crippen molar-refractivity contribution in [1.29, 1.82) is 0 Å². The van der Waals surface area contributed by atoms with E-state index in [1.165, 1.54) is 13.3 Å². The van der Waals surface area contributed by atoms with E-state index in [1.54, 1.807) is 6.92 Å². The smallest absolute Gasteiger partial charge is 0.329 e. The van der Waals surface area contributed by atoms with Crippen molar-refractivity contribution in [2.24, 2.45) is 5.92 Å². The Morgan fingerprint density at radius 1 is 1.32 bits per heavy atom. The van der Waals surface area contributed by atoms with E-state index in [9.17, 15) is 9.59 Å². The van der Waals surface area contributed by atoms with Crippen molar-refractivity contribution in [3.63, 3.8) is 0 Å². The molecule has 2 amide bonds. The quantitative estimate of drug-likeness (QED) is 0.718. The number of carbonyl (C=O) groups is 2. The number of carboxylic acid groups (broad SMARTS) is 1. The number of urea groups is 1. The Hall–Kier alpha value is -1.26. The summed E-state index contributed by atoms with van der Waals surface area (Å²) < 4.78 is 0. The highest BCUT2D eigenvalue weighted by atomic mass is 16.4. The Morgan fingerprint density at radius 2 is 2.00 bits per heavy atom. The maximum absolute atomic E-state index is 11.9. The van der Waals surface area contributed by atoms with Crippen LogP contribution in [0.25, 0.3) is 0 Å². The van der Waals surface area contributed by atoms with Gasteiger partial charge >= 0.3 is 12.0 Å². The molecule has 110 valence electrons. The van der Waals surface area contributed by atoms with Crippen molar-refractivity contribution in [1.82, 2.24) is 10.6 Å². The molecule has 5 heteroatoms. The summed E-state index contributed by atoms with van der Waals surface area (Å²) in [5.41, 5.74) is -1.19. The van der Waals surface area contributed by atoms with E-state index in [0.717, 1.165) is 25.7 Å². The molecule has 0 aromatic carbocycles. The van der Waals surface area contributed by atoms with E-state index in [1.807, 2.05) is 0 Å². The van der Waals surface area contributed by atoms with Gasteiger partial charge in [-0.25, -0.2) is 9.59 Å². The van der Waals surface area contributed by atoms with Crippen molar-refractivity contribution >= 4 is 12.0 Å². The normalized spacial score (nSPS) is 26.3. The van der Waals surface area contributed by atoms with E-state index < -0.39 is 11.5 Å². The van der Waals surface area contributed by atoms with Gasteiger partial charge < -0.3 is 15.7 Å². The Morgan fingerprint density at radius 3 is 2.53 bits per heavy atom. The van der Waals surface area contributed by atoms with Gasteiger partial charge in [0.25, 0.3) is 0 Å². The fourth-order valence-corrected chi connectivity index (χ4v) is 2.56. The number of aliphatic carboxylic acids is 1. The van der Waals surface area contributed by atoms with Gasteiger partial charge in [0.1, 0.15) is 5.54 Å². The van der Waals surface area contributed by atoms with Crippen LogP contribution in [0.15, 0.2) is 0 Å². The Labute approximate surface area is 115 Å². The van der Waals surface area contributed by atoms with Crippen LogP contribution in [0, 0.1) is 5.92 Å². The molecule has 1 fully saturated rings. The summed E-state index contributed by atoms with van der Waals surface area (Å²) in [6, 6.07) is -0.192. The topological polar surface area (TPSA) is 78.4 Å². The van der Waals surface area contributed by atoms with Crippen LogP contribution in [-0.2, 0) is 4.79 Å². The first-order valence-electron chi connectivity index (χ1n) is 7.23. The first-order valence-corrected chi connectivity index (χ1v) is 7.23. The molecular formula is C14H26N2O3. The Bertz CT molecular complexity index is 333. The highest BCUT2D eigenvalue weighted by Crippen LogP contribution is 2.26. The molecule has 0 aromatic heterocycles. The zero-order valence-corrected chi connectivity index (χ0v) is 12.2. The Kier molecular flexibility index (Phi) is 5.63. The standard InChI is InChI=1S/C14H26N2O3/c1-4-10-7-6-8-11(9-10)15-13(19)16-14(3,5-2)12(17)18/h10-11H,4-9H2,1-3H3,(H,17,18)(H2,15,16,19). The van der Waals surface area contributed by atoms with Gasteiger partial charge in [0.2, 0.25) is 0 Å². The summed E-state index contributed by atoms with van der Waals surface area (Å²) in [5, 5.41) is 14.6. The van der Waals surface area contributed by atoms with E-state index in [-0.39, 0.29) is 12.1 Å². The molecule has 1 aliphatic rings. The lowest BCUT2D eigenvalue weighted by molar-refractivity contribution is -0.143. The molecule has 0 saturated heterocycles. The third kappa shape index (κ3) is 4.40. The summed E-state index contributed by atoms with van der Waals surface area (Å²) >= 11 is 0. The highest BCUT2D eigenvalue weighted by molar-refractivity contribution is 5.85. The lowest BCUT2D eigenvalue weighted by Gasteiger charge is -2.31. The van der Waals surface area contributed by atoms with E-state index >= 15 is 0 Å². The minimum Gasteiger partial charge on any atom is -0.480 e. The molecule has 3 atom stereocenters. The molecule has 0 radical (unpaired) electrons. The second-order valence-electron chi connectivity index (χ2n) is 5.73. The van der Waals surface area contributed by atoms with Crippen LogP contribution in [0.1, 0.15) is 59.3 Å². The van der Waals surface area contributed by atoms with Crippen LogP contribution in [0.3, 0.4) is 0 Å². The van der Waals surface area contributed by atoms with Gasteiger partial charge in [-0.3, -0.25) is 0 Å². The summed E-state index contributed by atoms with van der Waals surface area (Å²) in [6.07, 6.45) is 5.85. The number of carbonyl (C=O) groups excluding carboxylic acids is 1. The van der Waals surface area contributed by atoms with Gasteiger partial charge in [-0.1, -0.05) is 33.1 Å². The molecule has 1 aliphatic carbocycles. The minimum atomic E-state index is -1.19. The van der Waals surface area contributed by atoms with Crippen LogP contribution in [0.2, 0.25) is 0 Å². The van der Waals surface area contributed by atoms with E-state index in [4.69, 9.17) is 5.11 Å². The number of carboxylic acids is 1.